The Balaban J connectivity index is 2.04. The Morgan fingerprint density at radius 1 is 1.44 bits per heavy atom. The summed E-state index contributed by atoms with van der Waals surface area (Å²) in [6.45, 7) is 0.606. The quantitative estimate of drug-likeness (QED) is 0.831. The minimum absolute atomic E-state index is 0.231. The van der Waals surface area contributed by atoms with Crippen LogP contribution in [0.5, 0.6) is 5.75 Å². The van der Waals surface area contributed by atoms with Crippen LogP contribution in [0.4, 0.5) is 10.1 Å². The summed E-state index contributed by atoms with van der Waals surface area (Å²) in [5.74, 6) is -0.135. The summed E-state index contributed by atoms with van der Waals surface area (Å²) in [6.07, 6.45) is 1.68. The van der Waals surface area contributed by atoms with E-state index in [-0.39, 0.29) is 11.6 Å². The lowest BCUT2D eigenvalue weighted by Crippen LogP contribution is -2.00. The van der Waals surface area contributed by atoms with Crippen molar-refractivity contribution in [2.45, 2.75) is 6.54 Å². The van der Waals surface area contributed by atoms with Gasteiger partial charge in [0, 0.05) is 18.0 Å². The molecule has 0 spiro atoms. The molecule has 2 rings (SSSR count). The Morgan fingerprint density at radius 3 is 3.00 bits per heavy atom. The molecule has 0 saturated heterocycles. The summed E-state index contributed by atoms with van der Waals surface area (Å²) >= 11 is 0. The average molecular weight is 221 g/mol. The number of halogens is 1. The maximum atomic E-state index is 13.1. The average Bonchev–Trinajstić information content (AvgIpc) is 2.81. The third-order valence-corrected chi connectivity index (χ3v) is 2.19. The van der Waals surface area contributed by atoms with Gasteiger partial charge in [-0.05, 0) is 18.2 Å². The molecule has 0 fully saturated rings. The Bertz CT molecular complexity index is 456. The van der Waals surface area contributed by atoms with Gasteiger partial charge in [0.25, 0.3) is 0 Å². The molecule has 1 heterocycles. The van der Waals surface area contributed by atoms with Crippen LogP contribution in [0.15, 0.2) is 30.5 Å². The Morgan fingerprint density at radius 2 is 2.31 bits per heavy atom. The number of anilines is 1. The van der Waals surface area contributed by atoms with Crippen LogP contribution in [-0.4, -0.2) is 17.3 Å². The van der Waals surface area contributed by atoms with E-state index in [1.807, 2.05) is 6.07 Å². The zero-order valence-electron chi connectivity index (χ0n) is 8.83. The van der Waals surface area contributed by atoms with Crippen molar-refractivity contribution in [2.75, 3.05) is 12.4 Å². The summed E-state index contributed by atoms with van der Waals surface area (Å²) < 4.78 is 18.0. The topological polar surface area (TPSA) is 49.9 Å². The van der Waals surface area contributed by atoms with Crippen molar-refractivity contribution < 1.29 is 9.13 Å². The van der Waals surface area contributed by atoms with E-state index in [0.29, 0.717) is 6.54 Å². The number of H-pyrrole nitrogens is 1. The number of ether oxygens (including phenoxy) is 1. The van der Waals surface area contributed by atoms with E-state index in [2.05, 4.69) is 15.5 Å². The molecule has 4 nitrogen and oxygen atoms in total. The van der Waals surface area contributed by atoms with Crippen molar-refractivity contribution in [3.63, 3.8) is 0 Å². The van der Waals surface area contributed by atoms with E-state index in [1.54, 1.807) is 18.3 Å². The second kappa shape index (κ2) is 4.65. The largest absolute Gasteiger partial charge is 0.494 e. The number of rotatable bonds is 4. The summed E-state index contributed by atoms with van der Waals surface area (Å²) in [7, 11) is 1.44. The van der Waals surface area contributed by atoms with Crippen molar-refractivity contribution in [1.29, 1.82) is 0 Å². The van der Waals surface area contributed by atoms with Gasteiger partial charge in [-0.2, -0.15) is 5.10 Å². The molecule has 0 aliphatic carbocycles. The number of nitrogens with one attached hydrogen (secondary N) is 2. The summed E-state index contributed by atoms with van der Waals surface area (Å²) in [5.41, 5.74) is 1.76. The molecular formula is C11H12FN3O. The van der Waals surface area contributed by atoms with E-state index in [0.717, 1.165) is 11.4 Å². The van der Waals surface area contributed by atoms with Crippen LogP contribution < -0.4 is 10.1 Å². The fourth-order valence-electron chi connectivity index (χ4n) is 1.35. The van der Waals surface area contributed by atoms with Gasteiger partial charge in [-0.25, -0.2) is 4.39 Å². The first kappa shape index (κ1) is 10.5. The highest BCUT2D eigenvalue weighted by Crippen LogP contribution is 2.21. The highest BCUT2D eigenvalue weighted by atomic mass is 19.1. The molecule has 0 unspecified atom stereocenters. The predicted molar refractivity (Wildman–Crippen MR) is 58.9 cm³/mol. The lowest BCUT2D eigenvalue weighted by atomic mass is 10.3. The van der Waals surface area contributed by atoms with E-state index >= 15 is 0 Å². The number of hydrogen-bond acceptors (Lipinski definition) is 3. The molecule has 16 heavy (non-hydrogen) atoms. The molecule has 0 atom stereocenters. The van der Waals surface area contributed by atoms with E-state index < -0.39 is 0 Å². The summed E-state index contributed by atoms with van der Waals surface area (Å²) in [6, 6.07) is 6.52. The SMILES string of the molecule is COc1cc(NCc2ccn[nH]2)ccc1F. The smallest absolute Gasteiger partial charge is 0.165 e. The van der Waals surface area contributed by atoms with Gasteiger partial charge >= 0.3 is 0 Å². The third kappa shape index (κ3) is 2.31. The number of hydrogen-bond donors (Lipinski definition) is 2. The zero-order valence-corrected chi connectivity index (χ0v) is 8.83. The summed E-state index contributed by atoms with van der Waals surface area (Å²) in [4.78, 5) is 0. The molecule has 0 radical (unpaired) electrons. The number of aromatic amines is 1. The van der Waals surface area contributed by atoms with Crippen LogP contribution in [0.1, 0.15) is 5.69 Å². The minimum atomic E-state index is -0.366. The summed E-state index contributed by atoms with van der Waals surface area (Å²) in [5, 5.41) is 9.79. The van der Waals surface area contributed by atoms with Gasteiger partial charge < -0.3 is 10.1 Å². The van der Waals surface area contributed by atoms with Gasteiger partial charge in [-0.1, -0.05) is 0 Å². The molecule has 0 amide bonds. The number of nitrogens with zero attached hydrogens (tertiary/aromatic N) is 1. The standard InChI is InChI=1S/C11H12FN3O/c1-16-11-6-8(2-3-10(11)12)13-7-9-4-5-14-15-9/h2-6,13H,7H2,1H3,(H,14,15). The molecule has 2 N–H and O–H groups in total. The first-order chi connectivity index (χ1) is 7.79. The van der Waals surface area contributed by atoms with E-state index in [1.165, 1.54) is 13.2 Å². The maximum absolute atomic E-state index is 13.1. The van der Waals surface area contributed by atoms with E-state index in [4.69, 9.17) is 4.74 Å². The monoisotopic (exact) mass is 221 g/mol. The van der Waals surface area contributed by atoms with Gasteiger partial charge in [-0.3, -0.25) is 5.10 Å². The molecular weight excluding hydrogens is 209 g/mol. The lowest BCUT2D eigenvalue weighted by molar-refractivity contribution is 0.387. The Kier molecular flexibility index (Phi) is 3.05. The number of methoxy groups -OCH3 is 1. The van der Waals surface area contributed by atoms with Crippen molar-refractivity contribution in [1.82, 2.24) is 10.2 Å². The van der Waals surface area contributed by atoms with Crippen molar-refractivity contribution in [3.05, 3.63) is 42.0 Å². The molecule has 0 aliphatic rings. The zero-order chi connectivity index (χ0) is 11.4. The normalized spacial score (nSPS) is 10.1. The second-order valence-corrected chi connectivity index (χ2v) is 3.28. The number of benzene rings is 1. The highest BCUT2D eigenvalue weighted by molar-refractivity contribution is 5.48. The van der Waals surface area contributed by atoms with Crippen LogP contribution in [0.2, 0.25) is 0 Å². The predicted octanol–water partition coefficient (Wildman–Crippen LogP) is 2.17. The maximum Gasteiger partial charge on any atom is 0.165 e. The van der Waals surface area contributed by atoms with Gasteiger partial charge in [-0.15, -0.1) is 0 Å². The molecule has 1 aromatic carbocycles. The molecule has 0 aliphatic heterocycles. The van der Waals surface area contributed by atoms with Crippen LogP contribution >= 0.6 is 0 Å². The van der Waals surface area contributed by atoms with Gasteiger partial charge in [0.1, 0.15) is 0 Å². The molecule has 0 saturated carbocycles. The number of aromatic nitrogens is 2. The minimum Gasteiger partial charge on any atom is -0.494 e. The highest BCUT2D eigenvalue weighted by Gasteiger charge is 2.03. The van der Waals surface area contributed by atoms with Gasteiger partial charge in [0.2, 0.25) is 0 Å². The van der Waals surface area contributed by atoms with Crippen LogP contribution in [0, 0.1) is 5.82 Å². The van der Waals surface area contributed by atoms with Crippen molar-refractivity contribution >= 4 is 5.69 Å². The van der Waals surface area contributed by atoms with Crippen LogP contribution in [0.3, 0.4) is 0 Å². The lowest BCUT2D eigenvalue weighted by Gasteiger charge is -2.07. The molecule has 1 aromatic heterocycles. The Labute approximate surface area is 92.4 Å². The third-order valence-electron chi connectivity index (χ3n) is 2.19. The molecule has 0 bridgehead atoms. The molecule has 2 aromatic rings. The first-order valence-electron chi connectivity index (χ1n) is 4.85. The fourth-order valence-corrected chi connectivity index (χ4v) is 1.35. The fraction of sp³-hybridized carbons (Fsp3) is 0.182. The second-order valence-electron chi connectivity index (χ2n) is 3.28. The first-order valence-corrected chi connectivity index (χ1v) is 4.85. The van der Waals surface area contributed by atoms with Gasteiger partial charge in [0.05, 0.1) is 19.3 Å². The van der Waals surface area contributed by atoms with E-state index in [9.17, 15) is 4.39 Å². The van der Waals surface area contributed by atoms with Crippen molar-refractivity contribution in [3.8, 4) is 5.75 Å². The van der Waals surface area contributed by atoms with Crippen LogP contribution in [0.25, 0.3) is 0 Å². The molecule has 5 heteroatoms. The van der Waals surface area contributed by atoms with Crippen molar-refractivity contribution in [2.24, 2.45) is 0 Å². The van der Waals surface area contributed by atoms with Crippen LogP contribution in [-0.2, 0) is 6.54 Å². The molecule has 84 valence electrons. The Hall–Kier alpha value is -2.04. The van der Waals surface area contributed by atoms with Gasteiger partial charge in [0.15, 0.2) is 11.6 Å².